The van der Waals surface area contributed by atoms with Gasteiger partial charge in [-0.2, -0.15) is 0 Å². The number of hydrogen-bond acceptors (Lipinski definition) is 3. The molecule has 1 atom stereocenters. The molecule has 0 aliphatic carbocycles. The molecule has 0 radical (unpaired) electrons. The quantitative estimate of drug-likeness (QED) is 0.633. The molecule has 5 heteroatoms. The maximum absolute atomic E-state index is 5.57. The van der Waals surface area contributed by atoms with Crippen LogP contribution in [-0.2, 0) is 0 Å². The lowest BCUT2D eigenvalue weighted by Gasteiger charge is -2.22. The first-order valence-corrected chi connectivity index (χ1v) is 9.29. The third-order valence-electron chi connectivity index (χ3n) is 3.29. The van der Waals surface area contributed by atoms with Crippen molar-refractivity contribution in [3.8, 4) is 5.75 Å². The highest BCUT2D eigenvalue weighted by atomic mass is 79.9. The van der Waals surface area contributed by atoms with Crippen molar-refractivity contribution < 1.29 is 4.74 Å². The van der Waals surface area contributed by atoms with E-state index in [0.29, 0.717) is 0 Å². The molecule has 0 aliphatic rings. The van der Waals surface area contributed by atoms with E-state index in [-0.39, 0.29) is 6.04 Å². The fraction of sp³-hybridized carbons (Fsp3) is 0.375. The Balaban J connectivity index is 2.50. The van der Waals surface area contributed by atoms with Gasteiger partial charge in [-0.15, -0.1) is 11.3 Å². The summed E-state index contributed by atoms with van der Waals surface area (Å²) < 4.78 is 7.84. The van der Waals surface area contributed by atoms with E-state index in [2.05, 4.69) is 69.2 Å². The zero-order valence-electron chi connectivity index (χ0n) is 12.4. The Hall–Kier alpha value is -0.360. The number of benzene rings is 1. The number of nitrogens with one attached hydrogen (secondary N) is 1. The van der Waals surface area contributed by atoms with Gasteiger partial charge in [-0.3, -0.25) is 0 Å². The molecule has 1 unspecified atom stereocenters. The van der Waals surface area contributed by atoms with E-state index in [1.54, 1.807) is 18.4 Å². The summed E-state index contributed by atoms with van der Waals surface area (Å²) in [6.07, 6.45) is 1.09. The fourth-order valence-electron chi connectivity index (χ4n) is 2.31. The van der Waals surface area contributed by atoms with Crippen LogP contribution < -0.4 is 10.1 Å². The maximum Gasteiger partial charge on any atom is 0.124 e. The molecule has 0 bridgehead atoms. The normalized spacial score (nSPS) is 12.4. The van der Waals surface area contributed by atoms with E-state index in [0.717, 1.165) is 26.3 Å². The Labute approximate surface area is 147 Å². The highest BCUT2D eigenvalue weighted by Gasteiger charge is 2.22. The predicted octanol–water partition coefficient (Wildman–Crippen LogP) is 5.68. The molecule has 1 aromatic heterocycles. The first kappa shape index (κ1) is 17.0. The molecule has 0 amide bonds. The van der Waals surface area contributed by atoms with Crippen LogP contribution in [0.1, 0.15) is 36.1 Å². The lowest BCUT2D eigenvalue weighted by Crippen LogP contribution is -2.23. The molecule has 2 aromatic rings. The Morgan fingerprint density at radius 2 is 2.00 bits per heavy atom. The topological polar surface area (TPSA) is 21.3 Å². The second-order valence-electron chi connectivity index (χ2n) is 4.91. The van der Waals surface area contributed by atoms with Crippen LogP contribution in [0.2, 0.25) is 0 Å². The van der Waals surface area contributed by atoms with Crippen molar-refractivity contribution in [3.63, 3.8) is 0 Å². The van der Waals surface area contributed by atoms with Crippen molar-refractivity contribution in [1.29, 1.82) is 0 Å². The first-order chi connectivity index (χ1) is 10.1. The Kier molecular flexibility index (Phi) is 6.29. The lowest BCUT2D eigenvalue weighted by atomic mass is 9.98. The smallest absolute Gasteiger partial charge is 0.124 e. The van der Waals surface area contributed by atoms with Gasteiger partial charge < -0.3 is 10.1 Å². The summed E-state index contributed by atoms with van der Waals surface area (Å²) in [5.41, 5.74) is 3.65. The van der Waals surface area contributed by atoms with Crippen LogP contribution in [0.15, 0.2) is 31.8 Å². The Morgan fingerprint density at radius 3 is 2.57 bits per heavy atom. The van der Waals surface area contributed by atoms with Gasteiger partial charge in [0, 0.05) is 5.56 Å². The van der Waals surface area contributed by atoms with Crippen LogP contribution in [0.3, 0.4) is 0 Å². The van der Waals surface area contributed by atoms with E-state index in [9.17, 15) is 0 Å². The van der Waals surface area contributed by atoms with Gasteiger partial charge in [-0.05, 0) is 69.4 Å². The summed E-state index contributed by atoms with van der Waals surface area (Å²) in [5.74, 6) is 0.920. The van der Waals surface area contributed by atoms with Crippen molar-refractivity contribution in [1.82, 2.24) is 5.32 Å². The molecular formula is C16H19Br2NOS. The number of methoxy groups -OCH3 is 1. The first-order valence-electron chi connectivity index (χ1n) is 6.89. The van der Waals surface area contributed by atoms with Crippen molar-refractivity contribution >= 4 is 43.2 Å². The van der Waals surface area contributed by atoms with Crippen LogP contribution in [0.25, 0.3) is 0 Å². The summed E-state index contributed by atoms with van der Waals surface area (Å²) in [7, 11) is 1.73. The number of hydrogen-bond donors (Lipinski definition) is 1. The molecule has 0 saturated carbocycles. The van der Waals surface area contributed by atoms with Crippen molar-refractivity contribution in [2.75, 3.05) is 13.7 Å². The molecule has 1 heterocycles. The summed E-state index contributed by atoms with van der Waals surface area (Å²) in [5, 5.41) is 3.63. The monoisotopic (exact) mass is 431 g/mol. The van der Waals surface area contributed by atoms with Crippen molar-refractivity contribution in [3.05, 3.63) is 48.5 Å². The molecule has 2 nitrogen and oxygen atoms in total. The summed E-state index contributed by atoms with van der Waals surface area (Å²) in [6.45, 7) is 5.25. The van der Waals surface area contributed by atoms with Gasteiger partial charge >= 0.3 is 0 Å². The van der Waals surface area contributed by atoms with Crippen LogP contribution in [0, 0.1) is 6.92 Å². The second kappa shape index (κ2) is 7.77. The zero-order chi connectivity index (χ0) is 15.4. The summed E-state index contributed by atoms with van der Waals surface area (Å²) in [4.78, 5) is 0. The standard InChI is InChI=1S/C16H19Br2NOS/c1-4-7-19-15(12-9-14(17)21-16(12)18)11-8-10(2)5-6-13(11)20-3/h5-6,8-9,15,19H,4,7H2,1-3H3. The average molecular weight is 433 g/mol. The Morgan fingerprint density at radius 1 is 1.24 bits per heavy atom. The molecule has 0 aliphatic heterocycles. The van der Waals surface area contributed by atoms with Gasteiger partial charge in [0.2, 0.25) is 0 Å². The molecule has 0 fully saturated rings. The van der Waals surface area contributed by atoms with E-state index in [1.165, 1.54) is 16.7 Å². The number of rotatable bonds is 6. The molecule has 1 N–H and O–H groups in total. The number of ether oxygens (including phenoxy) is 1. The average Bonchev–Trinajstić information content (AvgIpc) is 2.78. The third kappa shape index (κ3) is 4.09. The maximum atomic E-state index is 5.57. The minimum Gasteiger partial charge on any atom is -0.496 e. The van der Waals surface area contributed by atoms with Crippen LogP contribution in [0.5, 0.6) is 5.75 Å². The van der Waals surface area contributed by atoms with Crippen molar-refractivity contribution in [2.24, 2.45) is 0 Å². The fourth-order valence-corrected chi connectivity index (χ4v) is 5.21. The molecule has 2 rings (SSSR count). The molecule has 114 valence electrons. The lowest BCUT2D eigenvalue weighted by molar-refractivity contribution is 0.403. The zero-order valence-corrected chi connectivity index (χ0v) is 16.4. The molecule has 0 saturated heterocycles. The summed E-state index contributed by atoms with van der Waals surface area (Å²) >= 11 is 8.95. The van der Waals surface area contributed by atoms with Crippen LogP contribution in [-0.4, -0.2) is 13.7 Å². The number of thiophene rings is 1. The molecule has 21 heavy (non-hydrogen) atoms. The van der Waals surface area contributed by atoms with Crippen LogP contribution >= 0.6 is 43.2 Å². The van der Waals surface area contributed by atoms with E-state index in [1.807, 2.05) is 6.07 Å². The van der Waals surface area contributed by atoms with Gasteiger partial charge in [0.15, 0.2) is 0 Å². The number of halogens is 2. The highest BCUT2D eigenvalue weighted by Crippen LogP contribution is 2.40. The van der Waals surface area contributed by atoms with Gasteiger partial charge in [0.1, 0.15) is 5.75 Å². The molecule has 1 aromatic carbocycles. The van der Waals surface area contributed by atoms with E-state index >= 15 is 0 Å². The van der Waals surface area contributed by atoms with Crippen LogP contribution in [0.4, 0.5) is 0 Å². The van der Waals surface area contributed by atoms with Gasteiger partial charge in [0.05, 0.1) is 20.7 Å². The molecule has 0 spiro atoms. The van der Waals surface area contributed by atoms with E-state index < -0.39 is 0 Å². The highest BCUT2D eigenvalue weighted by molar-refractivity contribution is 9.12. The van der Waals surface area contributed by atoms with Gasteiger partial charge in [0.25, 0.3) is 0 Å². The van der Waals surface area contributed by atoms with Gasteiger partial charge in [-0.25, -0.2) is 0 Å². The minimum atomic E-state index is 0.122. The Bertz CT molecular complexity index is 612. The third-order valence-corrected chi connectivity index (χ3v) is 5.67. The van der Waals surface area contributed by atoms with Crippen molar-refractivity contribution in [2.45, 2.75) is 26.3 Å². The van der Waals surface area contributed by atoms with Gasteiger partial charge in [-0.1, -0.05) is 24.6 Å². The summed E-state index contributed by atoms with van der Waals surface area (Å²) in [6, 6.07) is 8.61. The second-order valence-corrected chi connectivity index (χ2v) is 8.66. The van der Waals surface area contributed by atoms with E-state index in [4.69, 9.17) is 4.74 Å². The largest absolute Gasteiger partial charge is 0.496 e. The SMILES string of the molecule is CCCNC(c1cc(C)ccc1OC)c1cc(Br)sc1Br. The minimum absolute atomic E-state index is 0.122. The molecular weight excluding hydrogens is 414 g/mol. The predicted molar refractivity (Wildman–Crippen MR) is 97.6 cm³/mol. The number of aryl methyl sites for hydroxylation is 1.